The molecule has 0 bridgehead atoms. The zero-order valence-corrected chi connectivity index (χ0v) is 11.6. The van der Waals surface area contributed by atoms with Crippen LogP contribution in [0.25, 0.3) is 0 Å². The summed E-state index contributed by atoms with van der Waals surface area (Å²) in [6.45, 7) is 5.92. The van der Waals surface area contributed by atoms with Gasteiger partial charge in [-0.1, -0.05) is 38.7 Å². The first-order valence-electron chi connectivity index (χ1n) is 5.25. The van der Waals surface area contributed by atoms with E-state index in [0.717, 1.165) is 0 Å². The zero-order chi connectivity index (χ0) is 10.5. The molecule has 0 spiro atoms. The molecule has 0 N–H and O–H groups in total. The fourth-order valence-electron chi connectivity index (χ4n) is 0.892. The van der Waals surface area contributed by atoms with Gasteiger partial charge in [0.25, 0.3) is 0 Å². The molecule has 0 heterocycles. The normalized spacial score (nSPS) is 9.31. The quantitative estimate of drug-likeness (QED) is 0.357. The first-order chi connectivity index (χ1) is 6.15. The molecule has 0 nitrogen and oxygen atoms in total. The van der Waals surface area contributed by atoms with Crippen LogP contribution in [0.2, 0.25) is 17.5 Å². The number of unbranched alkanes of at least 4 members (excludes halogenated alkanes) is 5. The van der Waals surface area contributed by atoms with Crippen LogP contribution in [0.15, 0.2) is 12.7 Å². The molecule has 0 aromatic carbocycles. The second kappa shape index (κ2) is 14.8. The molecular weight excluding hydrogens is 223 g/mol. The van der Waals surface area contributed by atoms with Crippen molar-refractivity contribution in [1.82, 2.24) is 0 Å². The number of allylic oxidation sites excluding steroid dienone is 1. The van der Waals surface area contributed by atoms with Crippen LogP contribution in [0, 0.1) is 0 Å². The number of rotatable bonds is 6. The molecule has 0 unspecified atom stereocenters. The summed E-state index contributed by atoms with van der Waals surface area (Å²) in [6.07, 6.45) is 10.1. The molecule has 80 valence electrons. The Kier molecular flexibility index (Phi) is 17.9. The fourth-order valence-corrected chi connectivity index (χ4v) is 0.892. The van der Waals surface area contributed by atoms with Crippen LogP contribution in [-0.2, 0) is 0 Å². The number of hydrogen-bond donors (Lipinski definition) is 0. The first-order valence-corrected chi connectivity index (χ1v) is 10.4. The van der Waals surface area contributed by atoms with Gasteiger partial charge in [0.1, 0.15) is 0 Å². The molecule has 1 heteroatoms. The van der Waals surface area contributed by atoms with Gasteiger partial charge in [0.05, 0.1) is 0 Å². The average Bonchev–Trinajstić information content (AvgIpc) is 2.03. The van der Waals surface area contributed by atoms with Crippen LogP contribution in [0.4, 0.5) is 0 Å². The van der Waals surface area contributed by atoms with E-state index in [-0.39, 0.29) is 13.9 Å². The predicted octanol–water partition coefficient (Wildman–Crippen LogP) is 4.90. The molecule has 13 heavy (non-hydrogen) atoms. The molecule has 0 amide bonds. The van der Waals surface area contributed by atoms with E-state index in [1.165, 1.54) is 38.5 Å². The van der Waals surface area contributed by atoms with Crippen molar-refractivity contribution in [1.29, 1.82) is 0 Å². The Balaban J connectivity index is 0. The molecule has 0 saturated carbocycles. The Morgan fingerprint density at radius 1 is 1.00 bits per heavy atom. The van der Waals surface area contributed by atoms with Crippen molar-refractivity contribution in [2.24, 2.45) is 0 Å². The third-order valence-corrected chi connectivity index (χ3v) is 1.51. The van der Waals surface area contributed by atoms with Crippen LogP contribution >= 0.6 is 0 Å². The Labute approximate surface area is 89.7 Å². The Morgan fingerprint density at radius 3 is 1.85 bits per heavy atom. The predicted molar refractivity (Wildman–Crippen MR) is 66.9 cm³/mol. The van der Waals surface area contributed by atoms with E-state index >= 15 is 0 Å². The standard InChI is InChI=1S/C9H18.C3H9Se/c1-3-5-7-9-8-6-4-2;1-4(2)3/h3H,1,4-9H2,2H3;1-3H3/q;+1. The van der Waals surface area contributed by atoms with Crippen molar-refractivity contribution in [3.05, 3.63) is 12.7 Å². The van der Waals surface area contributed by atoms with Gasteiger partial charge in [0.15, 0.2) is 0 Å². The molecule has 0 aliphatic heterocycles. The van der Waals surface area contributed by atoms with Crippen LogP contribution in [0.5, 0.6) is 0 Å². The second-order valence-electron chi connectivity index (χ2n) is 3.72. The van der Waals surface area contributed by atoms with Crippen molar-refractivity contribution in [3.8, 4) is 0 Å². The summed E-state index contributed by atoms with van der Waals surface area (Å²) in [6, 6.07) is 0. The molecular formula is C12H27Se+. The molecule has 0 fully saturated rings. The first kappa shape index (κ1) is 15.7. The molecule has 0 atom stereocenters. The zero-order valence-electron chi connectivity index (χ0n) is 9.94. The molecule has 0 aromatic rings. The van der Waals surface area contributed by atoms with Crippen molar-refractivity contribution < 1.29 is 0 Å². The van der Waals surface area contributed by atoms with Crippen molar-refractivity contribution in [2.45, 2.75) is 62.9 Å². The third-order valence-electron chi connectivity index (χ3n) is 1.51. The fraction of sp³-hybridized carbons (Fsp3) is 0.833. The summed E-state index contributed by atoms with van der Waals surface area (Å²) in [7, 11) is 0. The van der Waals surface area contributed by atoms with Gasteiger partial charge in [0.2, 0.25) is 0 Å². The van der Waals surface area contributed by atoms with Gasteiger partial charge in [-0.2, -0.15) is 0 Å². The molecule has 0 radical (unpaired) electrons. The maximum absolute atomic E-state index is 3.68. The topological polar surface area (TPSA) is 0 Å². The van der Waals surface area contributed by atoms with Crippen LogP contribution in [-0.4, -0.2) is 13.9 Å². The summed E-state index contributed by atoms with van der Waals surface area (Å²) >= 11 is -0.0417. The van der Waals surface area contributed by atoms with E-state index in [9.17, 15) is 0 Å². The van der Waals surface area contributed by atoms with Gasteiger partial charge >= 0.3 is 31.4 Å². The summed E-state index contributed by atoms with van der Waals surface area (Å²) in [4.78, 5) is 0. The average molecular weight is 250 g/mol. The summed E-state index contributed by atoms with van der Waals surface area (Å²) < 4.78 is 0. The van der Waals surface area contributed by atoms with Crippen LogP contribution in [0.3, 0.4) is 0 Å². The molecule has 0 aliphatic carbocycles. The molecule has 0 aromatic heterocycles. The van der Waals surface area contributed by atoms with E-state index < -0.39 is 0 Å². The molecule has 0 saturated heterocycles. The third kappa shape index (κ3) is 32.9. The monoisotopic (exact) mass is 251 g/mol. The Hall–Kier alpha value is 0.259. The van der Waals surface area contributed by atoms with Crippen molar-refractivity contribution in [2.75, 3.05) is 0 Å². The molecule has 0 rings (SSSR count). The van der Waals surface area contributed by atoms with Crippen LogP contribution in [0.1, 0.15) is 45.4 Å². The Morgan fingerprint density at radius 2 is 1.46 bits per heavy atom. The van der Waals surface area contributed by atoms with Crippen LogP contribution < -0.4 is 0 Å². The Bertz CT molecular complexity index is 84.4. The maximum atomic E-state index is 3.68. The van der Waals surface area contributed by atoms with Gasteiger partial charge in [0, 0.05) is 0 Å². The van der Waals surface area contributed by atoms with Gasteiger partial charge in [-0.3, -0.25) is 0 Å². The van der Waals surface area contributed by atoms with Gasteiger partial charge in [-0.05, 0) is 12.8 Å². The van der Waals surface area contributed by atoms with Crippen molar-refractivity contribution in [3.63, 3.8) is 0 Å². The van der Waals surface area contributed by atoms with E-state index in [4.69, 9.17) is 0 Å². The van der Waals surface area contributed by atoms with E-state index in [1.54, 1.807) is 0 Å². The minimum atomic E-state index is -0.0417. The van der Waals surface area contributed by atoms with Gasteiger partial charge < -0.3 is 0 Å². The minimum absolute atomic E-state index is 0.0417. The van der Waals surface area contributed by atoms with E-state index in [1.807, 2.05) is 6.08 Å². The van der Waals surface area contributed by atoms with Crippen molar-refractivity contribution >= 4 is 13.9 Å². The molecule has 0 aliphatic rings. The summed E-state index contributed by atoms with van der Waals surface area (Å²) in [5, 5.41) is 0. The van der Waals surface area contributed by atoms with Gasteiger partial charge in [-0.15, -0.1) is 6.58 Å². The van der Waals surface area contributed by atoms with Gasteiger partial charge in [-0.25, -0.2) is 0 Å². The summed E-state index contributed by atoms with van der Waals surface area (Å²) in [5.74, 6) is 6.88. The van der Waals surface area contributed by atoms with E-state index in [2.05, 4.69) is 31.0 Å². The second-order valence-corrected chi connectivity index (χ2v) is 8.86. The van der Waals surface area contributed by atoms with E-state index in [0.29, 0.717) is 0 Å². The number of hydrogen-bond acceptors (Lipinski definition) is 0. The SMILES string of the molecule is C=CCCCCCCC.C[Se+](C)C. The summed E-state index contributed by atoms with van der Waals surface area (Å²) in [5.41, 5.74) is 0.